The number of pyridine rings is 1. The number of aromatic amines is 1. The van der Waals surface area contributed by atoms with E-state index in [1.54, 1.807) is 30.3 Å². The maximum atomic E-state index is 13.5. The first-order valence-electron chi connectivity index (χ1n) is 10.9. The van der Waals surface area contributed by atoms with Gasteiger partial charge >= 0.3 is 0 Å². The van der Waals surface area contributed by atoms with Gasteiger partial charge in [0.25, 0.3) is 11.8 Å². The SMILES string of the molecule is COc1ccc2c(c1)N(c1ccccc1)C(=O)C2NC(=O)c1cc2c(cn1)[nH]c1ccccc12. The fourth-order valence-corrected chi connectivity index (χ4v) is 4.53. The lowest BCUT2D eigenvalue weighted by Gasteiger charge is -2.18. The first-order chi connectivity index (χ1) is 16.6. The Morgan fingerprint density at radius 1 is 0.971 bits per heavy atom. The molecule has 6 rings (SSSR count). The molecule has 7 heteroatoms. The van der Waals surface area contributed by atoms with E-state index < -0.39 is 11.9 Å². The van der Waals surface area contributed by atoms with Crippen LogP contribution >= 0.6 is 0 Å². The van der Waals surface area contributed by atoms with E-state index >= 15 is 0 Å². The normalized spacial score (nSPS) is 15.0. The molecule has 0 saturated carbocycles. The van der Waals surface area contributed by atoms with E-state index in [0.29, 0.717) is 17.0 Å². The standard InChI is InChI=1S/C27H20N4O3/c1-34-17-11-12-19-24(13-17)31(16-7-3-2-4-8-16)27(33)25(19)30-26(32)22-14-20-18-9-5-6-10-21(18)29-23(20)15-28-22/h2-15,25,29H,1H3,(H,30,32). The number of methoxy groups -OCH3 is 1. The number of ether oxygens (including phenoxy) is 1. The van der Waals surface area contributed by atoms with Gasteiger partial charge < -0.3 is 15.0 Å². The number of rotatable bonds is 4. The summed E-state index contributed by atoms with van der Waals surface area (Å²) in [4.78, 5) is 36.0. The number of hydrogen-bond acceptors (Lipinski definition) is 4. The molecule has 1 aliphatic rings. The summed E-state index contributed by atoms with van der Waals surface area (Å²) in [7, 11) is 1.58. The van der Waals surface area contributed by atoms with Crippen molar-refractivity contribution in [2.75, 3.05) is 12.0 Å². The number of carbonyl (C=O) groups is 2. The zero-order chi connectivity index (χ0) is 23.2. The van der Waals surface area contributed by atoms with Gasteiger partial charge in [0.15, 0.2) is 0 Å². The predicted octanol–water partition coefficient (Wildman–Crippen LogP) is 4.87. The molecule has 0 spiro atoms. The minimum Gasteiger partial charge on any atom is -0.497 e. The van der Waals surface area contributed by atoms with Crippen LogP contribution in [0.2, 0.25) is 0 Å². The summed E-state index contributed by atoms with van der Waals surface area (Å²) >= 11 is 0. The second-order valence-corrected chi connectivity index (χ2v) is 8.13. The van der Waals surface area contributed by atoms with Gasteiger partial charge in [-0.25, -0.2) is 4.98 Å². The Morgan fingerprint density at radius 2 is 1.76 bits per heavy atom. The van der Waals surface area contributed by atoms with Gasteiger partial charge in [-0.05, 0) is 30.3 Å². The number of H-pyrrole nitrogens is 1. The zero-order valence-electron chi connectivity index (χ0n) is 18.3. The quantitative estimate of drug-likeness (QED) is 0.411. The van der Waals surface area contributed by atoms with E-state index in [2.05, 4.69) is 15.3 Å². The van der Waals surface area contributed by atoms with E-state index in [0.717, 1.165) is 27.5 Å². The second kappa shape index (κ2) is 7.74. The highest BCUT2D eigenvalue weighted by Crippen LogP contribution is 2.42. The van der Waals surface area contributed by atoms with Crippen LogP contribution in [-0.2, 0) is 4.79 Å². The molecular formula is C27H20N4O3. The van der Waals surface area contributed by atoms with Crippen molar-refractivity contribution >= 4 is 45.0 Å². The molecule has 1 atom stereocenters. The minimum absolute atomic E-state index is 0.240. The largest absolute Gasteiger partial charge is 0.497 e. The molecule has 34 heavy (non-hydrogen) atoms. The van der Waals surface area contributed by atoms with Gasteiger partial charge in [0.05, 0.1) is 24.5 Å². The van der Waals surface area contributed by atoms with Crippen molar-refractivity contribution < 1.29 is 14.3 Å². The Morgan fingerprint density at radius 3 is 2.59 bits per heavy atom. The fourth-order valence-electron chi connectivity index (χ4n) is 4.53. The van der Waals surface area contributed by atoms with Gasteiger partial charge in [0.2, 0.25) is 0 Å². The molecule has 2 aromatic heterocycles. The number of anilines is 2. The van der Waals surface area contributed by atoms with Crippen LogP contribution in [0.15, 0.2) is 85.1 Å². The van der Waals surface area contributed by atoms with Crippen molar-refractivity contribution in [3.63, 3.8) is 0 Å². The molecule has 5 aromatic rings. The Kier molecular flexibility index (Phi) is 4.55. The van der Waals surface area contributed by atoms with Gasteiger partial charge in [0.1, 0.15) is 17.5 Å². The number of amides is 2. The smallest absolute Gasteiger partial charge is 0.270 e. The second-order valence-electron chi connectivity index (χ2n) is 8.13. The van der Waals surface area contributed by atoms with Crippen LogP contribution in [0.1, 0.15) is 22.1 Å². The van der Waals surface area contributed by atoms with Gasteiger partial charge in [-0.2, -0.15) is 0 Å². The number of benzene rings is 3. The van der Waals surface area contributed by atoms with Crippen LogP contribution < -0.4 is 15.0 Å². The van der Waals surface area contributed by atoms with Crippen LogP contribution in [0.25, 0.3) is 21.8 Å². The van der Waals surface area contributed by atoms with Gasteiger partial charge in [-0.3, -0.25) is 14.5 Å². The summed E-state index contributed by atoms with van der Waals surface area (Å²) in [6.45, 7) is 0. The van der Waals surface area contributed by atoms with E-state index in [9.17, 15) is 9.59 Å². The van der Waals surface area contributed by atoms with Crippen molar-refractivity contribution in [3.05, 3.63) is 96.3 Å². The van der Waals surface area contributed by atoms with Crippen LogP contribution in [0.5, 0.6) is 5.75 Å². The van der Waals surface area contributed by atoms with Crippen molar-refractivity contribution in [1.82, 2.24) is 15.3 Å². The topological polar surface area (TPSA) is 87.3 Å². The Bertz CT molecular complexity index is 1580. The molecule has 7 nitrogen and oxygen atoms in total. The third-order valence-electron chi connectivity index (χ3n) is 6.17. The molecule has 2 N–H and O–H groups in total. The highest BCUT2D eigenvalue weighted by Gasteiger charge is 2.39. The zero-order valence-corrected chi connectivity index (χ0v) is 18.3. The molecule has 1 unspecified atom stereocenters. The maximum absolute atomic E-state index is 13.5. The third kappa shape index (κ3) is 3.09. The third-order valence-corrected chi connectivity index (χ3v) is 6.17. The Labute approximate surface area is 195 Å². The van der Waals surface area contributed by atoms with Crippen molar-refractivity contribution in [1.29, 1.82) is 0 Å². The highest BCUT2D eigenvalue weighted by molar-refractivity contribution is 6.13. The molecule has 3 heterocycles. The molecule has 0 bridgehead atoms. The van der Waals surface area contributed by atoms with Gasteiger partial charge in [-0.15, -0.1) is 0 Å². The van der Waals surface area contributed by atoms with Crippen LogP contribution in [0.3, 0.4) is 0 Å². The maximum Gasteiger partial charge on any atom is 0.270 e. The molecule has 0 aliphatic carbocycles. The van der Waals surface area contributed by atoms with E-state index in [-0.39, 0.29) is 11.6 Å². The molecule has 2 amide bonds. The number of fused-ring (bicyclic) bond motifs is 4. The van der Waals surface area contributed by atoms with Crippen LogP contribution in [0.4, 0.5) is 11.4 Å². The molecule has 0 saturated heterocycles. The summed E-state index contributed by atoms with van der Waals surface area (Å²) in [5.74, 6) is -0.0240. The van der Waals surface area contributed by atoms with Crippen molar-refractivity contribution in [2.45, 2.75) is 6.04 Å². The van der Waals surface area contributed by atoms with E-state index in [4.69, 9.17) is 4.74 Å². The summed E-state index contributed by atoms with van der Waals surface area (Å²) < 4.78 is 5.37. The number of hydrogen-bond donors (Lipinski definition) is 2. The van der Waals surface area contributed by atoms with Crippen molar-refractivity contribution in [2.24, 2.45) is 0 Å². The number of nitrogens with one attached hydrogen (secondary N) is 2. The molecular weight excluding hydrogens is 428 g/mol. The number of aromatic nitrogens is 2. The fraction of sp³-hybridized carbons (Fsp3) is 0.0741. The monoisotopic (exact) mass is 448 g/mol. The lowest BCUT2D eigenvalue weighted by Crippen LogP contribution is -2.36. The molecule has 3 aromatic carbocycles. The van der Waals surface area contributed by atoms with E-state index in [1.807, 2.05) is 66.7 Å². The lowest BCUT2D eigenvalue weighted by atomic mass is 10.1. The van der Waals surface area contributed by atoms with Crippen LogP contribution in [0, 0.1) is 0 Å². The minimum atomic E-state index is -0.839. The number of carbonyl (C=O) groups excluding carboxylic acids is 2. The summed E-state index contributed by atoms with van der Waals surface area (Å²) in [5.41, 5.74) is 4.18. The summed E-state index contributed by atoms with van der Waals surface area (Å²) in [6.07, 6.45) is 1.65. The average Bonchev–Trinajstić information content (AvgIpc) is 3.38. The lowest BCUT2D eigenvalue weighted by molar-refractivity contribution is -0.119. The average molecular weight is 448 g/mol. The van der Waals surface area contributed by atoms with Crippen molar-refractivity contribution in [3.8, 4) is 5.75 Å². The Balaban J connectivity index is 1.38. The van der Waals surface area contributed by atoms with Gasteiger partial charge in [-0.1, -0.05) is 42.5 Å². The molecule has 166 valence electrons. The summed E-state index contributed by atoms with van der Waals surface area (Å²) in [5, 5.41) is 4.82. The number of para-hydroxylation sites is 2. The first-order valence-corrected chi connectivity index (χ1v) is 10.9. The molecule has 0 radical (unpaired) electrons. The first kappa shape index (κ1) is 20.0. The Hall–Kier alpha value is -4.65. The predicted molar refractivity (Wildman–Crippen MR) is 130 cm³/mol. The van der Waals surface area contributed by atoms with Crippen LogP contribution in [-0.4, -0.2) is 28.9 Å². The van der Waals surface area contributed by atoms with E-state index in [1.165, 1.54) is 0 Å². The van der Waals surface area contributed by atoms with Gasteiger partial charge in [0, 0.05) is 33.6 Å². The molecule has 0 fully saturated rings. The summed E-state index contributed by atoms with van der Waals surface area (Å²) in [6, 6.07) is 23.6. The number of nitrogens with zero attached hydrogens (tertiary/aromatic N) is 2. The highest BCUT2D eigenvalue weighted by atomic mass is 16.5. The molecule has 1 aliphatic heterocycles.